The number of aliphatic hydroxyl groups excluding tert-OH is 1. The number of hydrogen-bond acceptors (Lipinski definition) is 5. The van der Waals surface area contributed by atoms with E-state index in [0.717, 1.165) is 5.56 Å². The van der Waals surface area contributed by atoms with Crippen LogP contribution in [0.5, 0.6) is 5.75 Å². The van der Waals surface area contributed by atoms with Gasteiger partial charge in [0, 0.05) is 12.0 Å². The molecule has 0 bridgehead atoms. The Morgan fingerprint density at radius 2 is 1.69 bits per heavy atom. The molecule has 2 aromatic rings. The van der Waals surface area contributed by atoms with Crippen molar-refractivity contribution in [1.82, 2.24) is 0 Å². The summed E-state index contributed by atoms with van der Waals surface area (Å²) >= 11 is 0. The first kappa shape index (κ1) is 17.6. The van der Waals surface area contributed by atoms with Gasteiger partial charge < -0.3 is 9.84 Å². The van der Waals surface area contributed by atoms with Crippen LogP contribution in [0.4, 0.5) is 5.69 Å². The molecule has 0 unspecified atom stereocenters. The molecule has 5 heteroatoms. The molecule has 0 radical (unpaired) electrons. The third-order valence-electron chi connectivity index (χ3n) is 4.26. The van der Waals surface area contributed by atoms with Gasteiger partial charge in [-0.2, -0.15) is 0 Å². The Hall–Kier alpha value is -3.21. The van der Waals surface area contributed by atoms with Crippen molar-refractivity contribution in [2.75, 3.05) is 7.11 Å². The van der Waals surface area contributed by atoms with Crippen molar-refractivity contribution in [1.29, 1.82) is 0 Å². The molecule has 0 aromatic heterocycles. The zero-order valence-corrected chi connectivity index (χ0v) is 14.7. The minimum absolute atomic E-state index is 0.0198. The summed E-state index contributed by atoms with van der Waals surface area (Å²) in [6.07, 6.45) is 0.626. The maximum absolute atomic E-state index is 12.5. The molecule has 132 valence electrons. The number of nitrogens with zero attached hydrogens (tertiary/aromatic N) is 1. The highest BCUT2D eigenvalue weighted by Gasteiger charge is 2.31. The maximum Gasteiger partial charge on any atom is 0.228 e. The minimum atomic E-state index is -0.572. The largest absolute Gasteiger partial charge is 0.504 e. The fraction of sp³-hybridized carbons (Fsp3) is 0.190. The predicted octanol–water partition coefficient (Wildman–Crippen LogP) is 4.13. The molecule has 3 rings (SSSR count). The van der Waals surface area contributed by atoms with E-state index in [1.54, 1.807) is 55.6 Å². The van der Waals surface area contributed by atoms with E-state index in [1.807, 2.05) is 6.92 Å². The molecule has 0 spiro atoms. The molecular weight excluding hydrogens is 330 g/mol. The normalized spacial score (nSPS) is 17.5. The third kappa shape index (κ3) is 3.57. The Morgan fingerprint density at radius 1 is 1.04 bits per heavy atom. The van der Waals surface area contributed by atoms with Crippen LogP contribution in [-0.4, -0.2) is 29.5 Å². The van der Waals surface area contributed by atoms with Crippen molar-refractivity contribution in [3.05, 3.63) is 71.0 Å². The number of rotatable bonds is 4. The van der Waals surface area contributed by atoms with Gasteiger partial charge in [-0.05, 0) is 37.6 Å². The van der Waals surface area contributed by atoms with Crippen LogP contribution in [0.2, 0.25) is 0 Å². The molecule has 1 fully saturated rings. The second-order valence-corrected chi connectivity index (χ2v) is 6.10. The highest BCUT2D eigenvalue weighted by Crippen LogP contribution is 2.27. The van der Waals surface area contributed by atoms with Crippen LogP contribution in [0.3, 0.4) is 0 Å². The molecular formula is C21H19NO4. The summed E-state index contributed by atoms with van der Waals surface area (Å²) in [5, 5.41) is 10.4. The number of carbonyl (C=O) groups is 2. The van der Waals surface area contributed by atoms with Crippen LogP contribution in [0.1, 0.15) is 28.8 Å². The van der Waals surface area contributed by atoms with Crippen LogP contribution in [0.25, 0.3) is 0 Å². The number of Topliss-reactive ketones (excluding diaryl/α,β-unsaturated/α-hetero) is 2. The maximum atomic E-state index is 12.5. The third-order valence-corrected chi connectivity index (χ3v) is 4.26. The smallest absolute Gasteiger partial charge is 0.228 e. The van der Waals surface area contributed by atoms with E-state index in [9.17, 15) is 14.7 Å². The van der Waals surface area contributed by atoms with E-state index in [2.05, 4.69) is 4.99 Å². The topological polar surface area (TPSA) is 76.0 Å². The van der Waals surface area contributed by atoms with Crippen LogP contribution in [-0.2, 0) is 4.79 Å². The summed E-state index contributed by atoms with van der Waals surface area (Å²) in [6, 6.07) is 13.9. The van der Waals surface area contributed by atoms with Crippen LogP contribution < -0.4 is 4.74 Å². The van der Waals surface area contributed by atoms with Gasteiger partial charge in [-0.25, -0.2) is 0 Å². The number of aliphatic imine (C=N–C) groups is 1. The number of ketones is 2. The van der Waals surface area contributed by atoms with Gasteiger partial charge in [0.1, 0.15) is 5.75 Å². The number of carbonyl (C=O) groups excluding carboxylic acids is 2. The number of hydrogen-bond donors (Lipinski definition) is 1. The summed E-state index contributed by atoms with van der Waals surface area (Å²) < 4.78 is 5.11. The first-order valence-corrected chi connectivity index (χ1v) is 8.29. The van der Waals surface area contributed by atoms with Gasteiger partial charge in [0.05, 0.1) is 24.1 Å². The van der Waals surface area contributed by atoms with E-state index in [1.165, 1.54) is 0 Å². The zero-order valence-electron chi connectivity index (χ0n) is 14.7. The van der Waals surface area contributed by atoms with Crippen molar-refractivity contribution in [3.63, 3.8) is 0 Å². The van der Waals surface area contributed by atoms with Gasteiger partial charge in [0.15, 0.2) is 11.5 Å². The molecule has 0 amide bonds. The minimum Gasteiger partial charge on any atom is -0.504 e. The molecule has 1 N–H and O–H groups in total. The SMILES string of the molecule is COc1ccc(N=C2CCC(=O)/C2=C(/O)C(=O)c2ccc(C)cc2)cc1. The van der Waals surface area contributed by atoms with Crippen molar-refractivity contribution in [2.45, 2.75) is 19.8 Å². The van der Waals surface area contributed by atoms with Gasteiger partial charge in [-0.3, -0.25) is 14.6 Å². The molecule has 0 atom stereocenters. The lowest BCUT2D eigenvalue weighted by Gasteiger charge is -2.06. The molecule has 0 saturated heterocycles. The summed E-state index contributed by atoms with van der Waals surface area (Å²) in [7, 11) is 1.58. The molecule has 1 aliphatic carbocycles. The quantitative estimate of drug-likeness (QED) is 0.511. The second-order valence-electron chi connectivity index (χ2n) is 6.10. The number of methoxy groups -OCH3 is 1. The molecule has 1 aliphatic rings. The number of aryl methyl sites for hydroxylation is 1. The number of ether oxygens (including phenoxy) is 1. The Kier molecular flexibility index (Phi) is 4.98. The molecule has 5 nitrogen and oxygen atoms in total. The van der Waals surface area contributed by atoms with Crippen molar-refractivity contribution in [3.8, 4) is 5.75 Å². The lowest BCUT2D eigenvalue weighted by molar-refractivity contribution is -0.114. The van der Waals surface area contributed by atoms with Crippen molar-refractivity contribution >= 4 is 23.0 Å². The summed E-state index contributed by atoms with van der Waals surface area (Å²) in [6.45, 7) is 1.91. The van der Waals surface area contributed by atoms with Crippen LogP contribution in [0.15, 0.2) is 64.9 Å². The standard InChI is InChI=1S/C21H19NO4/c1-13-3-5-14(6-4-13)20(24)21(25)19-17(11-12-18(19)23)22-15-7-9-16(26-2)10-8-15/h3-10,25H,11-12H2,1-2H3/b21-19+,22-17?. The monoisotopic (exact) mass is 349 g/mol. The van der Waals surface area contributed by atoms with Crippen molar-refractivity contribution < 1.29 is 19.4 Å². The highest BCUT2D eigenvalue weighted by molar-refractivity contribution is 6.31. The van der Waals surface area contributed by atoms with Crippen LogP contribution >= 0.6 is 0 Å². The van der Waals surface area contributed by atoms with Gasteiger partial charge >= 0.3 is 0 Å². The van der Waals surface area contributed by atoms with Gasteiger partial charge in [-0.15, -0.1) is 0 Å². The average molecular weight is 349 g/mol. The van der Waals surface area contributed by atoms with Gasteiger partial charge in [0.2, 0.25) is 5.78 Å². The molecule has 0 aliphatic heterocycles. The molecule has 26 heavy (non-hydrogen) atoms. The zero-order chi connectivity index (χ0) is 18.7. The summed E-state index contributed by atoms with van der Waals surface area (Å²) in [5.74, 6) is -0.680. The fourth-order valence-corrected chi connectivity index (χ4v) is 2.79. The van der Waals surface area contributed by atoms with Gasteiger partial charge in [0.25, 0.3) is 0 Å². The lowest BCUT2D eigenvalue weighted by atomic mass is 10.0. The van der Waals surface area contributed by atoms with E-state index >= 15 is 0 Å². The van der Waals surface area contributed by atoms with E-state index in [4.69, 9.17) is 4.74 Å². The molecule has 0 heterocycles. The fourth-order valence-electron chi connectivity index (χ4n) is 2.79. The lowest BCUT2D eigenvalue weighted by Crippen LogP contribution is -2.12. The Balaban J connectivity index is 1.97. The van der Waals surface area contributed by atoms with E-state index in [0.29, 0.717) is 29.1 Å². The van der Waals surface area contributed by atoms with Gasteiger partial charge in [-0.1, -0.05) is 29.8 Å². The molecule has 1 saturated carbocycles. The number of allylic oxidation sites excluding steroid dienone is 2. The first-order chi connectivity index (χ1) is 12.5. The average Bonchev–Trinajstić information content (AvgIpc) is 3.02. The van der Waals surface area contributed by atoms with E-state index < -0.39 is 11.5 Å². The first-order valence-electron chi connectivity index (χ1n) is 8.29. The van der Waals surface area contributed by atoms with Crippen LogP contribution in [0, 0.1) is 6.92 Å². The summed E-state index contributed by atoms with van der Waals surface area (Å²) in [4.78, 5) is 29.2. The number of benzene rings is 2. The Labute approximate surface area is 151 Å². The molecule has 2 aromatic carbocycles. The summed E-state index contributed by atoms with van der Waals surface area (Å²) in [5.41, 5.74) is 2.42. The van der Waals surface area contributed by atoms with E-state index in [-0.39, 0.29) is 17.8 Å². The predicted molar refractivity (Wildman–Crippen MR) is 99.5 cm³/mol. The van der Waals surface area contributed by atoms with Crippen molar-refractivity contribution in [2.24, 2.45) is 4.99 Å². The second kappa shape index (κ2) is 7.35. The number of aliphatic hydroxyl groups is 1. The Morgan fingerprint density at radius 3 is 2.31 bits per heavy atom. The highest BCUT2D eigenvalue weighted by atomic mass is 16.5. The Bertz CT molecular complexity index is 906.